The molecule has 1 unspecified atom stereocenters. The van der Waals surface area contributed by atoms with Crippen molar-refractivity contribution < 1.29 is 0 Å². The van der Waals surface area contributed by atoms with Gasteiger partial charge in [-0.2, -0.15) is 0 Å². The van der Waals surface area contributed by atoms with Crippen molar-refractivity contribution in [2.75, 3.05) is 0 Å². The van der Waals surface area contributed by atoms with Crippen LogP contribution in [0, 0.1) is 11.3 Å². The number of hydrogen-bond donors (Lipinski definition) is 1. The molecule has 1 N–H and O–H groups in total. The highest BCUT2D eigenvalue weighted by Crippen LogP contribution is 2.39. The van der Waals surface area contributed by atoms with Crippen LogP contribution in [0.1, 0.15) is 24.6 Å². The van der Waals surface area contributed by atoms with E-state index in [4.69, 9.17) is 5.41 Å². The van der Waals surface area contributed by atoms with E-state index in [0.29, 0.717) is 5.25 Å². The fraction of sp³-hybridized carbons (Fsp3) is 0.500. The summed E-state index contributed by atoms with van der Waals surface area (Å²) in [4.78, 5) is 1.11. The van der Waals surface area contributed by atoms with Crippen LogP contribution in [0.15, 0.2) is 17.5 Å². The average molecular weight is 211 g/mol. The van der Waals surface area contributed by atoms with Crippen molar-refractivity contribution >= 4 is 28.1 Å². The lowest BCUT2D eigenvalue weighted by molar-refractivity contribution is 0.824. The molecule has 1 aliphatic rings. The van der Waals surface area contributed by atoms with Crippen molar-refractivity contribution in [2.45, 2.75) is 25.0 Å². The first-order valence-electron chi connectivity index (χ1n) is 4.56. The Morgan fingerprint density at radius 3 is 3.00 bits per heavy atom. The van der Waals surface area contributed by atoms with E-state index < -0.39 is 0 Å². The molecule has 13 heavy (non-hydrogen) atoms. The first-order valence-corrected chi connectivity index (χ1v) is 6.32. The van der Waals surface area contributed by atoms with Gasteiger partial charge in [-0.25, -0.2) is 0 Å². The van der Waals surface area contributed by atoms with Crippen LogP contribution in [0.5, 0.6) is 0 Å². The Bertz CT molecular complexity index is 288. The summed E-state index contributed by atoms with van der Waals surface area (Å²) in [6.45, 7) is 2.24. The summed E-state index contributed by atoms with van der Waals surface area (Å²) in [5.74, 6) is 0.880. The van der Waals surface area contributed by atoms with Gasteiger partial charge in [0.05, 0.1) is 4.88 Å². The van der Waals surface area contributed by atoms with Gasteiger partial charge in [0.25, 0.3) is 0 Å². The van der Waals surface area contributed by atoms with Crippen LogP contribution in [0.3, 0.4) is 0 Å². The standard InChI is InChI=1S/C10H13NS2/c1-7(8-4-5-8)13-10(11)9-3-2-6-12-9/h2-3,6-8,11H,4-5H2,1H3. The summed E-state index contributed by atoms with van der Waals surface area (Å²) in [7, 11) is 0. The van der Waals surface area contributed by atoms with E-state index in [2.05, 4.69) is 6.92 Å². The molecule has 1 heterocycles. The molecule has 1 aliphatic carbocycles. The van der Waals surface area contributed by atoms with Crippen molar-refractivity contribution in [3.05, 3.63) is 22.4 Å². The molecule has 0 saturated heterocycles. The van der Waals surface area contributed by atoms with Crippen molar-refractivity contribution in [3.63, 3.8) is 0 Å². The fourth-order valence-corrected chi connectivity index (χ4v) is 3.19. The molecule has 0 bridgehead atoms. The summed E-state index contributed by atoms with van der Waals surface area (Å²) in [5.41, 5.74) is 0. The van der Waals surface area contributed by atoms with Gasteiger partial charge in [0, 0.05) is 5.25 Å². The number of nitrogens with one attached hydrogen (secondary N) is 1. The fourth-order valence-electron chi connectivity index (χ4n) is 1.31. The molecule has 0 radical (unpaired) electrons. The zero-order valence-corrected chi connectivity index (χ0v) is 9.25. The molecule has 1 aromatic heterocycles. The van der Waals surface area contributed by atoms with Crippen LogP contribution >= 0.6 is 23.1 Å². The van der Waals surface area contributed by atoms with Crippen molar-refractivity contribution in [1.29, 1.82) is 5.41 Å². The lowest BCUT2D eigenvalue weighted by Gasteiger charge is -2.08. The van der Waals surface area contributed by atoms with Crippen LogP contribution in [-0.4, -0.2) is 10.3 Å². The Morgan fingerprint density at radius 1 is 1.69 bits per heavy atom. The second-order valence-corrected chi connectivity index (χ2v) is 5.80. The third-order valence-electron chi connectivity index (χ3n) is 2.33. The first kappa shape index (κ1) is 9.28. The van der Waals surface area contributed by atoms with Gasteiger partial charge < -0.3 is 0 Å². The molecule has 0 aliphatic heterocycles. The van der Waals surface area contributed by atoms with E-state index in [9.17, 15) is 0 Å². The van der Waals surface area contributed by atoms with E-state index in [1.165, 1.54) is 12.8 Å². The molecular formula is C10H13NS2. The number of rotatable bonds is 3. The highest BCUT2D eigenvalue weighted by molar-refractivity contribution is 8.15. The number of thiophene rings is 1. The van der Waals surface area contributed by atoms with Gasteiger partial charge in [0.1, 0.15) is 5.04 Å². The van der Waals surface area contributed by atoms with Gasteiger partial charge in [-0.05, 0) is 30.2 Å². The second kappa shape index (κ2) is 3.84. The minimum absolute atomic E-state index is 0.634. The molecule has 1 aromatic rings. The van der Waals surface area contributed by atoms with E-state index >= 15 is 0 Å². The molecule has 1 fully saturated rings. The van der Waals surface area contributed by atoms with Gasteiger partial charge in [0.15, 0.2) is 0 Å². The topological polar surface area (TPSA) is 23.9 Å². The smallest absolute Gasteiger partial charge is 0.105 e. The summed E-state index contributed by atoms with van der Waals surface area (Å²) in [6.07, 6.45) is 2.73. The number of hydrogen-bond acceptors (Lipinski definition) is 3. The largest absolute Gasteiger partial charge is 0.293 e. The lowest BCUT2D eigenvalue weighted by Crippen LogP contribution is -2.03. The Labute approximate surface area is 87.1 Å². The predicted molar refractivity (Wildman–Crippen MR) is 60.9 cm³/mol. The van der Waals surface area contributed by atoms with Gasteiger partial charge in [-0.15, -0.1) is 23.1 Å². The normalized spacial score (nSPS) is 18.5. The maximum Gasteiger partial charge on any atom is 0.105 e. The summed E-state index contributed by atoms with van der Waals surface area (Å²) in [6, 6.07) is 4.04. The molecule has 0 amide bonds. The zero-order valence-electron chi connectivity index (χ0n) is 7.62. The van der Waals surface area contributed by atoms with Crippen molar-refractivity contribution in [3.8, 4) is 0 Å². The second-order valence-electron chi connectivity index (χ2n) is 3.47. The molecule has 2 rings (SSSR count). The quantitative estimate of drug-likeness (QED) is 0.599. The van der Waals surface area contributed by atoms with Gasteiger partial charge in [-0.3, -0.25) is 5.41 Å². The van der Waals surface area contributed by atoms with E-state index in [0.717, 1.165) is 15.8 Å². The van der Waals surface area contributed by atoms with Crippen LogP contribution in [0.25, 0.3) is 0 Å². The highest BCUT2D eigenvalue weighted by Gasteiger charge is 2.29. The number of thioether (sulfide) groups is 1. The minimum atomic E-state index is 0.634. The van der Waals surface area contributed by atoms with Crippen LogP contribution in [0.2, 0.25) is 0 Å². The maximum atomic E-state index is 7.87. The molecule has 1 atom stereocenters. The molecule has 1 nitrogen and oxygen atoms in total. The average Bonchev–Trinajstić information content (AvgIpc) is 2.81. The predicted octanol–water partition coefficient (Wildman–Crippen LogP) is 3.61. The molecule has 3 heteroatoms. The third kappa shape index (κ3) is 2.35. The molecular weight excluding hydrogens is 198 g/mol. The Kier molecular flexibility index (Phi) is 2.74. The van der Waals surface area contributed by atoms with Gasteiger partial charge in [0.2, 0.25) is 0 Å². The van der Waals surface area contributed by atoms with Crippen molar-refractivity contribution in [2.24, 2.45) is 5.92 Å². The van der Waals surface area contributed by atoms with E-state index in [1.807, 2.05) is 17.5 Å². The summed E-state index contributed by atoms with van der Waals surface area (Å²) in [5, 5.41) is 11.3. The molecule has 70 valence electrons. The first-order chi connectivity index (χ1) is 6.27. The minimum Gasteiger partial charge on any atom is -0.293 e. The van der Waals surface area contributed by atoms with E-state index in [-0.39, 0.29) is 0 Å². The monoisotopic (exact) mass is 211 g/mol. The maximum absolute atomic E-state index is 7.87. The van der Waals surface area contributed by atoms with Crippen molar-refractivity contribution in [1.82, 2.24) is 0 Å². The van der Waals surface area contributed by atoms with Gasteiger partial charge in [-0.1, -0.05) is 13.0 Å². The third-order valence-corrected chi connectivity index (χ3v) is 4.56. The SMILES string of the molecule is CC(SC(=N)c1cccs1)C1CC1. The molecule has 1 saturated carbocycles. The lowest BCUT2D eigenvalue weighted by atomic mass is 10.3. The Balaban J connectivity index is 1.91. The van der Waals surface area contributed by atoms with Crippen LogP contribution in [0.4, 0.5) is 0 Å². The molecule has 0 aromatic carbocycles. The van der Waals surface area contributed by atoms with Crippen LogP contribution < -0.4 is 0 Å². The highest BCUT2D eigenvalue weighted by atomic mass is 32.2. The summed E-state index contributed by atoms with van der Waals surface area (Å²) >= 11 is 3.38. The zero-order chi connectivity index (χ0) is 9.26. The van der Waals surface area contributed by atoms with Gasteiger partial charge >= 0.3 is 0 Å². The Hall–Kier alpha value is -0.280. The Morgan fingerprint density at radius 2 is 2.46 bits per heavy atom. The van der Waals surface area contributed by atoms with Crippen LogP contribution in [-0.2, 0) is 0 Å². The summed E-state index contributed by atoms with van der Waals surface area (Å²) < 4.78 is 0. The molecule has 0 spiro atoms. The van der Waals surface area contributed by atoms with E-state index in [1.54, 1.807) is 23.1 Å².